The molecular formula is C27H32F4N6O3. The minimum absolute atomic E-state index is 0.0331. The molecule has 2 fully saturated rings. The SMILES string of the molecule is CC(C)(C)OC(=O)N1CC[C@H](Cn2ccc3c(N4CCOC[C@@H]4c4ccc(C(F)(F)F)cn4)ncnc32)[C@@H](F)C1. The average Bonchev–Trinajstić information content (AvgIpc) is 3.31. The maximum Gasteiger partial charge on any atom is 0.417 e. The zero-order valence-corrected chi connectivity index (χ0v) is 22.6. The molecule has 5 heterocycles. The number of fused-ring (bicyclic) bond motifs is 1. The van der Waals surface area contributed by atoms with Gasteiger partial charge in [0.1, 0.15) is 29.6 Å². The standard InChI is InChI=1S/C27H32F4N6O3/c1-26(2,3)40-25(38)36-8-6-17(20(28)14-36)13-35-9-7-19-23(35)33-16-34-24(19)37-10-11-39-15-22(37)21-5-4-18(12-32-21)27(29,30)31/h4-5,7,9,12,16-17,20,22H,6,8,10-11,13-15H2,1-3H3/t17-,20+,22-/m1/s1. The van der Waals surface area contributed by atoms with Crippen LogP contribution in [0.4, 0.5) is 28.2 Å². The van der Waals surface area contributed by atoms with E-state index in [0.717, 1.165) is 17.6 Å². The van der Waals surface area contributed by atoms with E-state index in [1.165, 1.54) is 17.3 Å². The van der Waals surface area contributed by atoms with E-state index in [4.69, 9.17) is 9.47 Å². The second-order valence-electron chi connectivity index (χ2n) is 11.1. The quantitative estimate of drug-likeness (QED) is 0.412. The van der Waals surface area contributed by atoms with Gasteiger partial charge in [-0.15, -0.1) is 0 Å². The summed E-state index contributed by atoms with van der Waals surface area (Å²) in [5, 5.41) is 0.739. The molecule has 216 valence electrons. The number of nitrogens with zero attached hydrogens (tertiary/aromatic N) is 6. The van der Waals surface area contributed by atoms with Gasteiger partial charge in [-0.3, -0.25) is 4.98 Å². The zero-order chi connectivity index (χ0) is 28.7. The minimum Gasteiger partial charge on any atom is -0.444 e. The fourth-order valence-electron chi connectivity index (χ4n) is 5.14. The van der Waals surface area contributed by atoms with Crippen molar-refractivity contribution in [2.24, 2.45) is 5.92 Å². The Morgan fingerprint density at radius 2 is 1.93 bits per heavy atom. The number of carbonyl (C=O) groups excluding carboxylic acids is 1. The van der Waals surface area contributed by atoms with Gasteiger partial charge >= 0.3 is 12.3 Å². The molecule has 2 aliphatic heterocycles. The summed E-state index contributed by atoms with van der Waals surface area (Å²) in [4.78, 5) is 28.8. The lowest BCUT2D eigenvalue weighted by molar-refractivity contribution is -0.137. The summed E-state index contributed by atoms with van der Waals surface area (Å²) in [6, 6.07) is 3.80. The molecule has 13 heteroatoms. The van der Waals surface area contributed by atoms with Crippen LogP contribution in [-0.4, -0.2) is 75.1 Å². The van der Waals surface area contributed by atoms with E-state index in [0.29, 0.717) is 49.8 Å². The lowest BCUT2D eigenvalue weighted by Gasteiger charge is -2.36. The lowest BCUT2D eigenvalue weighted by Crippen LogP contribution is -2.47. The smallest absolute Gasteiger partial charge is 0.417 e. The number of likely N-dealkylation sites (tertiary alicyclic amines) is 1. The first-order valence-electron chi connectivity index (χ1n) is 13.2. The summed E-state index contributed by atoms with van der Waals surface area (Å²) >= 11 is 0. The summed E-state index contributed by atoms with van der Waals surface area (Å²) < 4.78 is 67.2. The summed E-state index contributed by atoms with van der Waals surface area (Å²) in [5.41, 5.74) is -0.402. The zero-order valence-electron chi connectivity index (χ0n) is 22.6. The molecule has 0 bridgehead atoms. The number of carbonyl (C=O) groups is 1. The molecular weight excluding hydrogens is 532 g/mol. The van der Waals surface area contributed by atoms with E-state index < -0.39 is 35.6 Å². The third-order valence-electron chi connectivity index (χ3n) is 7.15. The van der Waals surface area contributed by atoms with Gasteiger partial charge in [-0.1, -0.05) is 0 Å². The van der Waals surface area contributed by atoms with Crippen LogP contribution >= 0.6 is 0 Å². The molecule has 0 saturated carbocycles. The number of pyridine rings is 1. The van der Waals surface area contributed by atoms with Crippen molar-refractivity contribution in [1.29, 1.82) is 0 Å². The van der Waals surface area contributed by atoms with Crippen molar-refractivity contribution in [3.8, 4) is 0 Å². The highest BCUT2D eigenvalue weighted by Gasteiger charge is 2.35. The van der Waals surface area contributed by atoms with Gasteiger partial charge in [-0.05, 0) is 45.4 Å². The molecule has 5 rings (SSSR count). The van der Waals surface area contributed by atoms with Gasteiger partial charge in [0, 0.05) is 37.9 Å². The van der Waals surface area contributed by atoms with Crippen molar-refractivity contribution >= 4 is 22.9 Å². The van der Waals surface area contributed by atoms with Gasteiger partial charge in [0.05, 0.1) is 42.4 Å². The molecule has 0 aromatic carbocycles. The highest BCUT2D eigenvalue weighted by molar-refractivity contribution is 5.88. The number of anilines is 1. The molecule has 40 heavy (non-hydrogen) atoms. The van der Waals surface area contributed by atoms with Gasteiger partial charge in [0.15, 0.2) is 0 Å². The first kappa shape index (κ1) is 28.1. The molecule has 3 aromatic heterocycles. The molecule has 2 saturated heterocycles. The fourth-order valence-corrected chi connectivity index (χ4v) is 5.14. The third kappa shape index (κ3) is 5.98. The van der Waals surface area contributed by atoms with Crippen LogP contribution in [0.15, 0.2) is 36.9 Å². The first-order chi connectivity index (χ1) is 18.9. The van der Waals surface area contributed by atoms with E-state index in [2.05, 4.69) is 15.0 Å². The highest BCUT2D eigenvalue weighted by atomic mass is 19.4. The average molecular weight is 565 g/mol. The number of hydrogen-bond acceptors (Lipinski definition) is 7. The molecule has 0 N–H and O–H groups in total. The Hall–Kier alpha value is -3.48. The molecule has 0 spiro atoms. The fraction of sp³-hybridized carbons (Fsp3) is 0.556. The van der Waals surface area contributed by atoms with Crippen molar-refractivity contribution in [2.45, 2.75) is 57.7 Å². The number of hydrogen-bond donors (Lipinski definition) is 0. The Morgan fingerprint density at radius 3 is 2.60 bits per heavy atom. The summed E-state index contributed by atoms with van der Waals surface area (Å²) in [5.74, 6) is 0.287. The molecule has 3 aromatic rings. The number of rotatable bonds is 4. The van der Waals surface area contributed by atoms with Gasteiger partial charge in [-0.25, -0.2) is 19.2 Å². The number of aromatic nitrogens is 4. The van der Waals surface area contributed by atoms with E-state index in [1.807, 2.05) is 21.7 Å². The van der Waals surface area contributed by atoms with Crippen LogP contribution < -0.4 is 4.90 Å². The van der Waals surface area contributed by atoms with Crippen molar-refractivity contribution in [1.82, 2.24) is 24.4 Å². The lowest BCUT2D eigenvalue weighted by atomic mass is 9.95. The first-order valence-corrected chi connectivity index (χ1v) is 13.2. The van der Waals surface area contributed by atoms with E-state index >= 15 is 4.39 Å². The minimum atomic E-state index is -4.47. The largest absolute Gasteiger partial charge is 0.444 e. The number of amides is 1. The number of morpholine rings is 1. The molecule has 0 aliphatic carbocycles. The maximum absolute atomic E-state index is 15.2. The van der Waals surface area contributed by atoms with E-state index in [-0.39, 0.29) is 19.1 Å². The normalized spacial score (nSPS) is 22.5. The predicted molar refractivity (Wildman–Crippen MR) is 138 cm³/mol. The highest BCUT2D eigenvalue weighted by Crippen LogP contribution is 2.35. The molecule has 9 nitrogen and oxygen atoms in total. The molecule has 0 radical (unpaired) electrons. The second kappa shape index (κ2) is 10.8. The van der Waals surface area contributed by atoms with E-state index in [1.54, 1.807) is 20.8 Å². The Balaban J connectivity index is 1.33. The Labute approximate surface area is 229 Å². The van der Waals surface area contributed by atoms with Crippen molar-refractivity contribution in [2.75, 3.05) is 37.7 Å². The van der Waals surface area contributed by atoms with Crippen molar-refractivity contribution < 1.29 is 31.8 Å². The van der Waals surface area contributed by atoms with E-state index in [9.17, 15) is 18.0 Å². The van der Waals surface area contributed by atoms with Gasteiger partial charge in [-0.2, -0.15) is 13.2 Å². The summed E-state index contributed by atoms with van der Waals surface area (Å²) in [6.07, 6.45) is -1.64. The maximum atomic E-state index is 15.2. The Bertz CT molecular complexity index is 1340. The number of ether oxygens (including phenoxy) is 2. The van der Waals surface area contributed by atoms with Crippen molar-refractivity contribution in [3.05, 3.63) is 48.2 Å². The predicted octanol–water partition coefficient (Wildman–Crippen LogP) is 5.02. The molecule has 2 aliphatic rings. The number of alkyl halides is 4. The van der Waals surface area contributed by atoms with Crippen LogP contribution in [0.5, 0.6) is 0 Å². The number of halogens is 4. The van der Waals surface area contributed by atoms with Crippen molar-refractivity contribution in [3.63, 3.8) is 0 Å². The summed E-state index contributed by atoms with van der Waals surface area (Å²) in [7, 11) is 0. The molecule has 3 atom stereocenters. The number of piperidine rings is 1. The van der Waals surface area contributed by atoms with Crippen LogP contribution in [-0.2, 0) is 22.2 Å². The molecule has 1 amide bonds. The van der Waals surface area contributed by atoms with Crippen LogP contribution in [0.3, 0.4) is 0 Å². The Kier molecular flexibility index (Phi) is 7.60. The van der Waals surface area contributed by atoms with Crippen LogP contribution in [0.2, 0.25) is 0 Å². The molecule has 0 unspecified atom stereocenters. The van der Waals surface area contributed by atoms with Crippen LogP contribution in [0.1, 0.15) is 44.5 Å². The topological polar surface area (TPSA) is 85.6 Å². The van der Waals surface area contributed by atoms with Gasteiger partial charge < -0.3 is 23.8 Å². The van der Waals surface area contributed by atoms with Crippen LogP contribution in [0.25, 0.3) is 11.0 Å². The Morgan fingerprint density at radius 1 is 1.12 bits per heavy atom. The van der Waals surface area contributed by atoms with Gasteiger partial charge in [0.25, 0.3) is 0 Å². The summed E-state index contributed by atoms with van der Waals surface area (Å²) in [6.45, 7) is 7.18. The van der Waals surface area contributed by atoms with Crippen LogP contribution in [0, 0.1) is 5.92 Å². The van der Waals surface area contributed by atoms with Gasteiger partial charge in [0.2, 0.25) is 0 Å². The second-order valence-corrected chi connectivity index (χ2v) is 11.1. The monoisotopic (exact) mass is 564 g/mol. The third-order valence-corrected chi connectivity index (χ3v) is 7.15.